The van der Waals surface area contributed by atoms with Gasteiger partial charge in [-0.1, -0.05) is 35.3 Å². The van der Waals surface area contributed by atoms with E-state index >= 15 is 0 Å². The van der Waals surface area contributed by atoms with E-state index in [0.29, 0.717) is 26.9 Å². The van der Waals surface area contributed by atoms with E-state index in [4.69, 9.17) is 23.2 Å². The van der Waals surface area contributed by atoms with Gasteiger partial charge in [-0.15, -0.1) is 6.58 Å². The first kappa shape index (κ1) is 19.9. The highest BCUT2D eigenvalue weighted by molar-refractivity contribution is 6.41. The first-order valence-corrected chi connectivity index (χ1v) is 9.69. The van der Waals surface area contributed by atoms with Crippen molar-refractivity contribution in [1.29, 1.82) is 0 Å². The van der Waals surface area contributed by atoms with Gasteiger partial charge in [0.1, 0.15) is 5.70 Å². The van der Waals surface area contributed by atoms with Gasteiger partial charge in [0.15, 0.2) is 0 Å². The lowest BCUT2D eigenvalue weighted by molar-refractivity contribution is -0.137. The highest BCUT2D eigenvalue weighted by Gasteiger charge is 2.42. The summed E-state index contributed by atoms with van der Waals surface area (Å²) in [5.74, 6) is -0.652. The Morgan fingerprint density at radius 2 is 1.89 bits per heavy atom. The van der Waals surface area contributed by atoms with Crippen molar-refractivity contribution in [3.8, 4) is 0 Å². The second kappa shape index (κ2) is 8.05. The Morgan fingerprint density at radius 3 is 2.48 bits per heavy atom. The zero-order chi connectivity index (χ0) is 19.7. The largest absolute Gasteiger partial charge is 0.366 e. The molecule has 144 valence electrons. The SMILES string of the molecule is C=CCN1C(=O)C(c2ccc(Cl)cc2Cl)=C(N(C)C2CCN(C)CC2)C1=O. The molecule has 0 atom stereocenters. The molecule has 1 fully saturated rings. The Labute approximate surface area is 169 Å². The highest BCUT2D eigenvalue weighted by atomic mass is 35.5. The molecule has 1 aromatic carbocycles. The second-order valence-corrected chi connectivity index (χ2v) is 7.85. The third-order valence-electron chi connectivity index (χ3n) is 5.24. The van der Waals surface area contributed by atoms with Crippen molar-refractivity contribution in [1.82, 2.24) is 14.7 Å². The van der Waals surface area contributed by atoms with Crippen molar-refractivity contribution in [2.45, 2.75) is 18.9 Å². The molecule has 7 heteroatoms. The third kappa shape index (κ3) is 3.77. The maximum absolute atomic E-state index is 13.1. The summed E-state index contributed by atoms with van der Waals surface area (Å²) in [6.07, 6.45) is 3.41. The molecule has 1 aromatic rings. The van der Waals surface area contributed by atoms with Gasteiger partial charge in [-0.25, -0.2) is 0 Å². The molecule has 0 N–H and O–H groups in total. The molecule has 0 aromatic heterocycles. The number of carbonyl (C=O) groups excluding carboxylic acids is 2. The summed E-state index contributed by atoms with van der Waals surface area (Å²) < 4.78 is 0. The highest BCUT2D eigenvalue weighted by Crippen LogP contribution is 2.37. The number of likely N-dealkylation sites (tertiary alicyclic amines) is 1. The molecule has 2 heterocycles. The summed E-state index contributed by atoms with van der Waals surface area (Å²) in [5.41, 5.74) is 1.27. The van der Waals surface area contributed by atoms with E-state index in [0.717, 1.165) is 25.9 Å². The number of carbonyl (C=O) groups is 2. The maximum atomic E-state index is 13.1. The first-order chi connectivity index (χ1) is 12.8. The molecule has 2 aliphatic rings. The standard InChI is InChI=1S/C20H23Cl2N3O2/c1-4-9-25-19(26)17(15-6-5-13(21)12-16(15)22)18(20(25)27)24(3)14-7-10-23(2)11-8-14/h4-6,12,14H,1,7-11H2,2-3H3. The molecular formula is C20H23Cl2N3O2. The van der Waals surface area contributed by atoms with Gasteiger partial charge >= 0.3 is 0 Å². The lowest BCUT2D eigenvalue weighted by Crippen LogP contribution is -2.43. The average molecular weight is 408 g/mol. The van der Waals surface area contributed by atoms with Gasteiger partial charge in [0, 0.05) is 30.2 Å². The maximum Gasteiger partial charge on any atom is 0.278 e. The van der Waals surface area contributed by atoms with Crippen molar-refractivity contribution in [3.63, 3.8) is 0 Å². The van der Waals surface area contributed by atoms with Crippen LogP contribution >= 0.6 is 23.2 Å². The van der Waals surface area contributed by atoms with Gasteiger partial charge in [-0.3, -0.25) is 14.5 Å². The van der Waals surface area contributed by atoms with Crippen LogP contribution in [0.15, 0.2) is 36.6 Å². The topological polar surface area (TPSA) is 43.9 Å². The number of imide groups is 1. The van der Waals surface area contributed by atoms with Crippen LogP contribution in [-0.4, -0.2) is 66.3 Å². The molecule has 0 bridgehead atoms. The number of piperidine rings is 1. The number of nitrogens with zero attached hydrogens (tertiary/aromatic N) is 3. The molecule has 27 heavy (non-hydrogen) atoms. The molecule has 5 nitrogen and oxygen atoms in total. The number of amides is 2. The smallest absolute Gasteiger partial charge is 0.278 e. The molecule has 3 rings (SSSR count). The summed E-state index contributed by atoms with van der Waals surface area (Å²) in [4.78, 5) is 31.6. The summed E-state index contributed by atoms with van der Waals surface area (Å²) >= 11 is 12.4. The van der Waals surface area contributed by atoms with E-state index < -0.39 is 0 Å². The fraction of sp³-hybridized carbons (Fsp3) is 0.400. The van der Waals surface area contributed by atoms with Crippen molar-refractivity contribution >= 4 is 40.6 Å². The summed E-state index contributed by atoms with van der Waals surface area (Å²) in [7, 11) is 3.97. The predicted octanol–water partition coefficient (Wildman–Crippen LogP) is 3.29. The van der Waals surface area contributed by atoms with Crippen LogP contribution < -0.4 is 0 Å². The predicted molar refractivity (Wildman–Crippen MR) is 109 cm³/mol. The Bertz CT molecular complexity index is 813. The Morgan fingerprint density at radius 1 is 1.22 bits per heavy atom. The minimum atomic E-state index is -0.348. The lowest BCUT2D eigenvalue weighted by atomic mass is 10.00. The van der Waals surface area contributed by atoms with Crippen LogP contribution in [0.5, 0.6) is 0 Å². The van der Waals surface area contributed by atoms with Crippen LogP contribution in [0, 0.1) is 0 Å². The molecular weight excluding hydrogens is 385 g/mol. The molecule has 0 saturated carbocycles. The van der Waals surface area contributed by atoms with Gasteiger partial charge in [0.25, 0.3) is 11.8 Å². The molecule has 1 saturated heterocycles. The van der Waals surface area contributed by atoms with E-state index in [9.17, 15) is 9.59 Å². The number of halogens is 2. The van der Waals surface area contributed by atoms with E-state index in [1.165, 1.54) is 4.90 Å². The van der Waals surface area contributed by atoms with E-state index in [1.54, 1.807) is 24.3 Å². The minimum Gasteiger partial charge on any atom is -0.366 e. The Hall–Kier alpha value is -1.82. The molecule has 0 unspecified atom stereocenters. The van der Waals surface area contributed by atoms with E-state index in [2.05, 4.69) is 18.5 Å². The number of rotatable bonds is 5. The van der Waals surface area contributed by atoms with Gasteiger partial charge in [-0.05, 0) is 45.1 Å². The average Bonchev–Trinajstić information content (AvgIpc) is 2.87. The Kier molecular flexibility index (Phi) is 5.94. The summed E-state index contributed by atoms with van der Waals surface area (Å²) in [5, 5.41) is 0.836. The molecule has 0 spiro atoms. The van der Waals surface area contributed by atoms with Crippen molar-refractivity contribution in [2.75, 3.05) is 33.7 Å². The van der Waals surface area contributed by atoms with Gasteiger partial charge in [0.05, 0.1) is 10.6 Å². The minimum absolute atomic E-state index is 0.164. The number of hydrogen-bond acceptors (Lipinski definition) is 4. The summed E-state index contributed by atoms with van der Waals surface area (Å²) in [6.45, 7) is 5.74. The lowest BCUT2D eigenvalue weighted by Gasteiger charge is -2.36. The fourth-order valence-electron chi connectivity index (χ4n) is 3.69. The normalized spacial score (nSPS) is 19.2. The van der Waals surface area contributed by atoms with Crippen LogP contribution in [-0.2, 0) is 9.59 Å². The number of likely N-dealkylation sites (N-methyl/N-ethyl adjacent to an activating group) is 1. The molecule has 0 aliphatic carbocycles. The quantitative estimate of drug-likeness (QED) is 0.554. The van der Waals surface area contributed by atoms with Gasteiger partial charge in [0.2, 0.25) is 0 Å². The molecule has 2 aliphatic heterocycles. The first-order valence-electron chi connectivity index (χ1n) is 8.93. The van der Waals surface area contributed by atoms with Crippen LogP contribution in [0.2, 0.25) is 10.0 Å². The summed E-state index contributed by atoms with van der Waals surface area (Å²) in [6, 6.07) is 5.16. The van der Waals surface area contributed by atoms with Crippen molar-refractivity contribution in [3.05, 3.63) is 52.2 Å². The fourth-order valence-corrected chi connectivity index (χ4v) is 4.19. The van der Waals surface area contributed by atoms with Gasteiger partial charge in [-0.2, -0.15) is 0 Å². The number of hydrogen-bond donors (Lipinski definition) is 0. The third-order valence-corrected chi connectivity index (χ3v) is 5.79. The van der Waals surface area contributed by atoms with Crippen LogP contribution in [0.25, 0.3) is 5.57 Å². The Balaban J connectivity index is 2.07. The van der Waals surface area contributed by atoms with E-state index in [1.807, 2.05) is 11.9 Å². The monoisotopic (exact) mass is 407 g/mol. The zero-order valence-electron chi connectivity index (χ0n) is 15.5. The van der Waals surface area contributed by atoms with Crippen LogP contribution in [0.4, 0.5) is 0 Å². The van der Waals surface area contributed by atoms with Crippen molar-refractivity contribution < 1.29 is 9.59 Å². The number of benzene rings is 1. The van der Waals surface area contributed by atoms with Crippen molar-refractivity contribution in [2.24, 2.45) is 0 Å². The molecule has 0 radical (unpaired) electrons. The molecule has 2 amide bonds. The van der Waals surface area contributed by atoms with Crippen LogP contribution in [0.3, 0.4) is 0 Å². The van der Waals surface area contributed by atoms with Crippen LogP contribution in [0.1, 0.15) is 18.4 Å². The zero-order valence-corrected chi connectivity index (χ0v) is 17.1. The second-order valence-electron chi connectivity index (χ2n) is 7.00. The van der Waals surface area contributed by atoms with Gasteiger partial charge < -0.3 is 9.80 Å². The van der Waals surface area contributed by atoms with E-state index in [-0.39, 0.29) is 24.4 Å².